The molecule has 5 atom stereocenters. The van der Waals surface area contributed by atoms with Crippen molar-refractivity contribution in [1.82, 2.24) is 0 Å². The third-order valence-electron chi connectivity index (χ3n) is 4.67. The Balaban J connectivity index is 2.11. The first kappa shape index (κ1) is 18.4. The summed E-state index contributed by atoms with van der Waals surface area (Å²) in [6.07, 6.45) is 3.21. The van der Waals surface area contributed by atoms with Crippen molar-refractivity contribution in [2.45, 2.75) is 52.1 Å². The van der Waals surface area contributed by atoms with Gasteiger partial charge in [0.1, 0.15) is 6.10 Å². The molecule has 1 saturated heterocycles. The maximum Gasteiger partial charge on any atom is 0.158 e. The molecule has 0 amide bonds. The molecule has 4 heteroatoms. The van der Waals surface area contributed by atoms with Gasteiger partial charge >= 0.3 is 0 Å². The molecule has 4 nitrogen and oxygen atoms in total. The zero-order valence-corrected chi connectivity index (χ0v) is 14.5. The summed E-state index contributed by atoms with van der Waals surface area (Å²) in [4.78, 5) is 12.0. The van der Waals surface area contributed by atoms with Crippen LogP contribution in [-0.4, -0.2) is 24.1 Å². The number of hydrogen-bond donors (Lipinski definition) is 0. The van der Waals surface area contributed by atoms with Crippen LogP contribution in [0.15, 0.2) is 42.5 Å². The second-order valence-corrected chi connectivity index (χ2v) is 6.45. The second kappa shape index (κ2) is 8.77. The van der Waals surface area contributed by atoms with Crippen molar-refractivity contribution in [3.8, 4) is 6.07 Å². The number of Topliss-reactive ketones (excluding diaryl/α,β-unsaturated/α-hetero) is 1. The van der Waals surface area contributed by atoms with Crippen molar-refractivity contribution in [3.63, 3.8) is 0 Å². The highest BCUT2D eigenvalue weighted by molar-refractivity contribution is 5.81. The van der Waals surface area contributed by atoms with Gasteiger partial charge in [-0.25, -0.2) is 0 Å². The van der Waals surface area contributed by atoms with E-state index in [1.54, 1.807) is 13.0 Å². The normalized spacial score (nSPS) is 30.2. The van der Waals surface area contributed by atoms with Crippen molar-refractivity contribution in [2.24, 2.45) is 11.8 Å². The number of rotatable bonds is 6. The molecule has 0 aliphatic carbocycles. The molecule has 0 saturated carbocycles. The van der Waals surface area contributed by atoms with Crippen LogP contribution in [0.5, 0.6) is 0 Å². The maximum atomic E-state index is 12.0. The van der Waals surface area contributed by atoms with Crippen LogP contribution in [0.3, 0.4) is 0 Å². The molecule has 0 radical (unpaired) electrons. The van der Waals surface area contributed by atoms with E-state index < -0.39 is 6.10 Å². The van der Waals surface area contributed by atoms with Crippen LogP contribution in [0.2, 0.25) is 0 Å². The Morgan fingerprint density at radius 1 is 1.29 bits per heavy atom. The van der Waals surface area contributed by atoms with Gasteiger partial charge in [-0.2, -0.15) is 5.26 Å². The van der Waals surface area contributed by atoms with Crippen molar-refractivity contribution >= 4 is 5.78 Å². The molecule has 0 bridgehead atoms. The maximum absolute atomic E-state index is 12.0. The van der Waals surface area contributed by atoms with Crippen LogP contribution in [0.4, 0.5) is 0 Å². The van der Waals surface area contributed by atoms with Crippen molar-refractivity contribution < 1.29 is 14.3 Å². The van der Waals surface area contributed by atoms with E-state index in [0.29, 0.717) is 13.0 Å². The summed E-state index contributed by atoms with van der Waals surface area (Å²) >= 11 is 0. The summed E-state index contributed by atoms with van der Waals surface area (Å²) in [6.45, 7) is 6.19. The Hall–Kier alpha value is -1.96. The number of nitrogens with zero attached hydrogens (tertiary/aromatic N) is 1. The van der Waals surface area contributed by atoms with E-state index in [9.17, 15) is 4.79 Å². The summed E-state index contributed by atoms with van der Waals surface area (Å²) in [6, 6.07) is 12.0. The van der Waals surface area contributed by atoms with Crippen LogP contribution >= 0.6 is 0 Å². The Morgan fingerprint density at radius 2 is 2.00 bits per heavy atom. The number of benzene rings is 1. The molecule has 0 unspecified atom stereocenters. The lowest BCUT2D eigenvalue weighted by Crippen LogP contribution is -2.52. The molecule has 1 aromatic rings. The molecular formula is C20H25NO3. The van der Waals surface area contributed by atoms with Crippen LogP contribution in [-0.2, 0) is 20.9 Å². The molecule has 1 aromatic carbocycles. The lowest BCUT2D eigenvalue weighted by atomic mass is 9.80. The number of ether oxygens (including phenoxy) is 2. The van der Waals surface area contributed by atoms with E-state index in [-0.39, 0.29) is 29.8 Å². The standard InChI is InChI=1S/C20H25NO3/c1-14-18(11-7-8-12-21)24-20(16(3)22)15(2)19(14)23-13-17-9-5-4-6-10-17/h4-10,14-15,18-20H,11,13H2,1-3H3/b8-7+/t14-,15+,18+,19-,20+/m0/s1. The van der Waals surface area contributed by atoms with E-state index in [1.165, 1.54) is 6.08 Å². The SMILES string of the molecule is CC(=O)[C@@H]1O[C@H](C/C=C/C#N)[C@H](C)[C@H](OCc2ccccc2)[C@H]1C. The van der Waals surface area contributed by atoms with Gasteiger partial charge in [0.15, 0.2) is 5.78 Å². The monoisotopic (exact) mass is 327 g/mol. The summed E-state index contributed by atoms with van der Waals surface area (Å²) in [5, 5.41) is 8.65. The molecule has 0 spiro atoms. The van der Waals surface area contributed by atoms with E-state index in [2.05, 4.69) is 6.92 Å². The molecular weight excluding hydrogens is 302 g/mol. The number of hydrogen-bond acceptors (Lipinski definition) is 4. The molecule has 1 heterocycles. The Morgan fingerprint density at radius 3 is 2.62 bits per heavy atom. The third kappa shape index (κ3) is 4.53. The molecule has 24 heavy (non-hydrogen) atoms. The third-order valence-corrected chi connectivity index (χ3v) is 4.67. The molecule has 1 fully saturated rings. The van der Waals surface area contributed by atoms with Crippen molar-refractivity contribution in [2.75, 3.05) is 0 Å². The summed E-state index contributed by atoms with van der Waals surface area (Å²) in [7, 11) is 0. The van der Waals surface area contributed by atoms with Gasteiger partial charge in [0.05, 0.1) is 24.9 Å². The number of nitriles is 1. The predicted molar refractivity (Wildman–Crippen MR) is 92.1 cm³/mol. The second-order valence-electron chi connectivity index (χ2n) is 6.45. The highest BCUT2D eigenvalue weighted by Crippen LogP contribution is 2.34. The quantitative estimate of drug-likeness (QED) is 0.748. The first-order chi connectivity index (χ1) is 11.5. The average molecular weight is 327 g/mol. The van der Waals surface area contributed by atoms with E-state index in [1.807, 2.05) is 43.3 Å². The fraction of sp³-hybridized carbons (Fsp3) is 0.500. The van der Waals surface area contributed by atoms with Gasteiger partial charge in [-0.3, -0.25) is 4.79 Å². The van der Waals surface area contributed by atoms with Gasteiger partial charge in [0.2, 0.25) is 0 Å². The minimum Gasteiger partial charge on any atom is -0.373 e. The first-order valence-electron chi connectivity index (χ1n) is 8.40. The lowest BCUT2D eigenvalue weighted by Gasteiger charge is -2.43. The fourth-order valence-electron chi connectivity index (χ4n) is 3.36. The topological polar surface area (TPSA) is 59.3 Å². The van der Waals surface area contributed by atoms with Crippen molar-refractivity contribution in [1.29, 1.82) is 5.26 Å². The Kier molecular flexibility index (Phi) is 6.72. The van der Waals surface area contributed by atoms with Crippen LogP contribution < -0.4 is 0 Å². The zero-order chi connectivity index (χ0) is 17.5. The van der Waals surface area contributed by atoms with E-state index in [0.717, 1.165) is 5.56 Å². The number of carbonyl (C=O) groups is 1. The van der Waals surface area contributed by atoms with Gasteiger partial charge in [0.25, 0.3) is 0 Å². The van der Waals surface area contributed by atoms with Gasteiger partial charge in [-0.15, -0.1) is 0 Å². The molecule has 0 N–H and O–H groups in total. The minimum absolute atomic E-state index is 0.00240. The van der Waals surface area contributed by atoms with Gasteiger partial charge in [0, 0.05) is 17.9 Å². The summed E-state index contributed by atoms with van der Waals surface area (Å²) < 4.78 is 12.2. The van der Waals surface area contributed by atoms with Gasteiger partial charge < -0.3 is 9.47 Å². The number of allylic oxidation sites excluding steroid dienone is 1. The predicted octanol–water partition coefficient (Wildman–Crippen LogP) is 3.67. The largest absolute Gasteiger partial charge is 0.373 e. The summed E-state index contributed by atoms with van der Waals surface area (Å²) in [5.41, 5.74) is 1.11. The molecule has 1 aliphatic rings. The van der Waals surface area contributed by atoms with Crippen LogP contribution in [0, 0.1) is 23.2 Å². The van der Waals surface area contributed by atoms with Gasteiger partial charge in [-0.05, 0) is 18.9 Å². The zero-order valence-electron chi connectivity index (χ0n) is 14.5. The van der Waals surface area contributed by atoms with Crippen LogP contribution in [0.1, 0.15) is 32.8 Å². The average Bonchev–Trinajstić information content (AvgIpc) is 2.57. The number of ketones is 1. The highest BCUT2D eigenvalue weighted by Gasteiger charge is 2.43. The highest BCUT2D eigenvalue weighted by atomic mass is 16.5. The van der Waals surface area contributed by atoms with Crippen LogP contribution in [0.25, 0.3) is 0 Å². The fourth-order valence-corrected chi connectivity index (χ4v) is 3.36. The van der Waals surface area contributed by atoms with Gasteiger partial charge in [-0.1, -0.05) is 50.3 Å². The Bertz CT molecular complexity index is 605. The van der Waals surface area contributed by atoms with E-state index >= 15 is 0 Å². The minimum atomic E-state index is -0.456. The lowest BCUT2D eigenvalue weighted by molar-refractivity contribution is -0.187. The molecule has 1 aliphatic heterocycles. The smallest absolute Gasteiger partial charge is 0.158 e. The van der Waals surface area contributed by atoms with Crippen molar-refractivity contribution in [3.05, 3.63) is 48.0 Å². The molecule has 128 valence electrons. The number of carbonyl (C=O) groups excluding carboxylic acids is 1. The summed E-state index contributed by atoms with van der Waals surface area (Å²) in [5.74, 6) is 0.164. The molecule has 2 rings (SSSR count). The first-order valence-corrected chi connectivity index (χ1v) is 8.40. The Labute approximate surface area is 144 Å². The molecule has 0 aromatic heterocycles. The van der Waals surface area contributed by atoms with E-state index in [4.69, 9.17) is 14.7 Å².